The molecule has 0 aromatic heterocycles. The number of rotatable bonds is 13. The van der Waals surface area contributed by atoms with Crippen LogP contribution in [0.2, 0.25) is 0 Å². The van der Waals surface area contributed by atoms with Gasteiger partial charge in [-0.25, -0.2) is 9.69 Å². The molecule has 3 aliphatic rings. The number of carbonyl (C=O) groups excluding carboxylic acids is 4. The first-order valence-corrected chi connectivity index (χ1v) is 15.7. The van der Waals surface area contributed by atoms with Crippen molar-refractivity contribution in [1.29, 1.82) is 0 Å². The second kappa shape index (κ2) is 14.4. The molecule has 2 atom stereocenters. The number of likely N-dealkylation sites (tertiary alicyclic amines) is 1. The summed E-state index contributed by atoms with van der Waals surface area (Å²) in [5.41, 5.74) is 6.54. The fourth-order valence-electron chi connectivity index (χ4n) is 6.11. The van der Waals surface area contributed by atoms with Gasteiger partial charge in [-0.3, -0.25) is 14.4 Å². The van der Waals surface area contributed by atoms with Gasteiger partial charge in [0, 0.05) is 63.9 Å². The standard InChI is InChI=1S/C32H48N4O9/c1-7-32(4,14-17-44-31(2,3)33)45-30(40)43-20-36-26(37)11-10-25(28(36)39)35-19-22-18-23(8-9-24(22)27(35)38)34-15-12-21(13-16-34)29(41-5)42-6/h8-9,18,21,25,29H,7,10-17,19-20,33H2,1-6H3. The molecule has 0 bridgehead atoms. The summed E-state index contributed by atoms with van der Waals surface area (Å²) in [5.74, 6) is -0.991. The number of anilines is 1. The lowest BCUT2D eigenvalue weighted by molar-refractivity contribution is -0.158. The minimum absolute atomic E-state index is 0.0396. The zero-order chi connectivity index (χ0) is 32.9. The summed E-state index contributed by atoms with van der Waals surface area (Å²) in [6, 6.07) is 4.91. The van der Waals surface area contributed by atoms with Crippen LogP contribution < -0.4 is 10.6 Å². The Morgan fingerprint density at radius 2 is 1.76 bits per heavy atom. The topological polar surface area (TPSA) is 150 Å². The molecule has 13 heteroatoms. The summed E-state index contributed by atoms with van der Waals surface area (Å²) >= 11 is 0. The summed E-state index contributed by atoms with van der Waals surface area (Å²) in [4.78, 5) is 56.8. The van der Waals surface area contributed by atoms with Crippen LogP contribution in [0.4, 0.5) is 10.5 Å². The fraction of sp³-hybridized carbons (Fsp3) is 0.688. The van der Waals surface area contributed by atoms with E-state index in [1.165, 1.54) is 4.90 Å². The number of piperidine rings is 2. The lowest BCUT2D eigenvalue weighted by atomic mass is 9.95. The number of fused-ring (bicyclic) bond motifs is 1. The van der Waals surface area contributed by atoms with E-state index in [1.807, 2.05) is 25.1 Å². The Morgan fingerprint density at radius 3 is 2.38 bits per heavy atom. The monoisotopic (exact) mass is 632 g/mol. The van der Waals surface area contributed by atoms with Gasteiger partial charge in [0.1, 0.15) is 17.4 Å². The molecule has 13 nitrogen and oxygen atoms in total. The Kier molecular flexibility index (Phi) is 11.1. The number of ether oxygens (including phenoxy) is 5. The number of amides is 3. The van der Waals surface area contributed by atoms with Crippen LogP contribution in [0, 0.1) is 5.92 Å². The van der Waals surface area contributed by atoms with Crippen molar-refractivity contribution in [3.05, 3.63) is 29.3 Å². The molecule has 1 aromatic carbocycles. The summed E-state index contributed by atoms with van der Waals surface area (Å²) in [6.07, 6.45) is 1.71. The van der Waals surface area contributed by atoms with E-state index in [2.05, 4.69) is 4.90 Å². The Balaban J connectivity index is 1.34. The largest absolute Gasteiger partial charge is 0.510 e. The van der Waals surface area contributed by atoms with Gasteiger partial charge in [0.2, 0.25) is 5.91 Å². The Morgan fingerprint density at radius 1 is 1.07 bits per heavy atom. The molecule has 2 N–H and O–H groups in total. The van der Waals surface area contributed by atoms with E-state index in [4.69, 9.17) is 29.4 Å². The Bertz CT molecular complexity index is 1240. The zero-order valence-corrected chi connectivity index (χ0v) is 27.3. The van der Waals surface area contributed by atoms with Crippen molar-refractivity contribution in [3.63, 3.8) is 0 Å². The Labute approximate surface area is 265 Å². The second-order valence-corrected chi connectivity index (χ2v) is 12.8. The molecular formula is C32H48N4O9. The lowest BCUT2D eigenvalue weighted by Gasteiger charge is -2.36. The van der Waals surface area contributed by atoms with E-state index in [-0.39, 0.29) is 38.2 Å². The molecule has 2 unspecified atom stereocenters. The quantitative estimate of drug-likeness (QED) is 0.194. The van der Waals surface area contributed by atoms with E-state index in [1.54, 1.807) is 35.0 Å². The third-order valence-corrected chi connectivity index (χ3v) is 9.03. The van der Waals surface area contributed by atoms with Gasteiger partial charge >= 0.3 is 6.16 Å². The fourth-order valence-corrected chi connectivity index (χ4v) is 6.11. The van der Waals surface area contributed by atoms with Crippen molar-refractivity contribution in [2.24, 2.45) is 11.7 Å². The first-order valence-electron chi connectivity index (χ1n) is 15.7. The van der Waals surface area contributed by atoms with E-state index in [9.17, 15) is 19.2 Å². The second-order valence-electron chi connectivity index (χ2n) is 12.8. The summed E-state index contributed by atoms with van der Waals surface area (Å²) in [6.45, 7) is 8.65. The van der Waals surface area contributed by atoms with Crippen LogP contribution in [0.1, 0.15) is 82.1 Å². The Hall–Kier alpha value is -3.26. The highest BCUT2D eigenvalue weighted by atomic mass is 16.7. The van der Waals surface area contributed by atoms with Crippen LogP contribution in [0.25, 0.3) is 0 Å². The first-order chi connectivity index (χ1) is 21.3. The minimum Gasteiger partial charge on any atom is -0.428 e. The van der Waals surface area contributed by atoms with Gasteiger partial charge in [0.15, 0.2) is 13.0 Å². The highest BCUT2D eigenvalue weighted by Crippen LogP contribution is 2.33. The van der Waals surface area contributed by atoms with Crippen LogP contribution in [-0.4, -0.2) is 98.0 Å². The molecule has 1 aromatic rings. The molecule has 3 aliphatic heterocycles. The molecule has 3 amide bonds. The first kappa shape index (κ1) is 34.6. The maximum atomic E-state index is 13.5. The number of hydrogen-bond acceptors (Lipinski definition) is 11. The number of imide groups is 1. The van der Waals surface area contributed by atoms with E-state index in [0.29, 0.717) is 24.3 Å². The highest BCUT2D eigenvalue weighted by molar-refractivity contribution is 6.05. The van der Waals surface area contributed by atoms with Gasteiger partial charge in [-0.2, -0.15) is 0 Å². The number of methoxy groups -OCH3 is 2. The third kappa shape index (κ3) is 8.32. The number of hydrogen-bond donors (Lipinski definition) is 1. The van der Waals surface area contributed by atoms with Gasteiger partial charge in [0.25, 0.3) is 11.8 Å². The number of carbonyl (C=O) groups is 4. The molecule has 0 spiro atoms. The number of benzene rings is 1. The third-order valence-electron chi connectivity index (χ3n) is 9.03. The van der Waals surface area contributed by atoms with Gasteiger partial charge in [-0.05, 0) is 70.2 Å². The van der Waals surface area contributed by atoms with E-state index < -0.39 is 42.1 Å². The predicted octanol–water partition coefficient (Wildman–Crippen LogP) is 3.38. The predicted molar refractivity (Wildman–Crippen MR) is 164 cm³/mol. The molecule has 4 rings (SSSR count). The van der Waals surface area contributed by atoms with Crippen LogP contribution >= 0.6 is 0 Å². The zero-order valence-electron chi connectivity index (χ0n) is 27.3. The maximum absolute atomic E-state index is 13.5. The van der Waals surface area contributed by atoms with Crippen molar-refractivity contribution >= 4 is 29.6 Å². The normalized spacial score (nSPS) is 20.9. The molecule has 250 valence electrons. The van der Waals surface area contributed by atoms with Crippen LogP contribution in [0.5, 0.6) is 0 Å². The van der Waals surface area contributed by atoms with Crippen molar-refractivity contribution < 1.29 is 42.9 Å². The van der Waals surface area contributed by atoms with E-state index >= 15 is 0 Å². The summed E-state index contributed by atoms with van der Waals surface area (Å²) < 4.78 is 27.2. The van der Waals surface area contributed by atoms with Crippen molar-refractivity contribution in [1.82, 2.24) is 9.80 Å². The molecule has 0 saturated carbocycles. The van der Waals surface area contributed by atoms with Crippen LogP contribution in [-0.2, 0) is 39.8 Å². The smallest absolute Gasteiger partial charge is 0.428 e. The summed E-state index contributed by atoms with van der Waals surface area (Å²) in [5, 5.41) is 0. The highest BCUT2D eigenvalue weighted by Gasteiger charge is 2.43. The van der Waals surface area contributed by atoms with Crippen molar-refractivity contribution in [2.45, 2.75) is 96.4 Å². The van der Waals surface area contributed by atoms with Gasteiger partial charge < -0.3 is 39.2 Å². The van der Waals surface area contributed by atoms with Crippen molar-refractivity contribution in [3.8, 4) is 0 Å². The van der Waals surface area contributed by atoms with Crippen LogP contribution in [0.15, 0.2) is 18.2 Å². The molecule has 3 heterocycles. The van der Waals surface area contributed by atoms with E-state index in [0.717, 1.165) is 42.1 Å². The average molecular weight is 633 g/mol. The number of nitrogens with two attached hydrogens (primary N) is 1. The lowest BCUT2D eigenvalue weighted by Crippen LogP contribution is -2.55. The minimum atomic E-state index is -1.00. The molecular weight excluding hydrogens is 584 g/mol. The summed E-state index contributed by atoms with van der Waals surface area (Å²) in [7, 11) is 3.31. The number of nitrogens with zero attached hydrogens (tertiary/aromatic N) is 3. The molecule has 0 radical (unpaired) electrons. The molecule has 2 saturated heterocycles. The molecule has 0 aliphatic carbocycles. The molecule has 45 heavy (non-hydrogen) atoms. The van der Waals surface area contributed by atoms with Gasteiger partial charge in [0.05, 0.1) is 6.61 Å². The van der Waals surface area contributed by atoms with Gasteiger partial charge in [-0.15, -0.1) is 0 Å². The van der Waals surface area contributed by atoms with Crippen molar-refractivity contribution in [2.75, 3.05) is 45.5 Å². The van der Waals surface area contributed by atoms with Crippen LogP contribution in [0.3, 0.4) is 0 Å². The maximum Gasteiger partial charge on any atom is 0.510 e. The molecule has 2 fully saturated rings. The van der Waals surface area contributed by atoms with Gasteiger partial charge in [-0.1, -0.05) is 6.92 Å². The average Bonchev–Trinajstić information content (AvgIpc) is 3.32. The SMILES string of the molecule is CCC(C)(CCOC(C)(C)N)OC(=O)OCN1C(=O)CCC(N2Cc3cc(N4CCC(C(OC)OC)CC4)ccc3C2=O)C1=O.